The van der Waals surface area contributed by atoms with Crippen molar-refractivity contribution in [3.05, 3.63) is 80.8 Å². The number of amides is 1. The van der Waals surface area contributed by atoms with Gasteiger partial charge in [0, 0.05) is 10.0 Å². The third kappa shape index (κ3) is 5.43. The lowest BCUT2D eigenvalue weighted by atomic mass is 10.2. The minimum Gasteiger partial charge on any atom is -0.495 e. The summed E-state index contributed by atoms with van der Waals surface area (Å²) in [6.07, 6.45) is 0. The lowest BCUT2D eigenvalue weighted by Gasteiger charge is -2.15. The summed E-state index contributed by atoms with van der Waals surface area (Å²) < 4.78 is 33.6. The number of aryl methyl sites for hydroxylation is 1. The molecule has 0 saturated heterocycles. The van der Waals surface area contributed by atoms with Gasteiger partial charge in [0.05, 0.1) is 34.0 Å². The summed E-state index contributed by atoms with van der Waals surface area (Å²) in [7, 11) is -2.57. The molecular weight excluding hydrogens is 483 g/mol. The minimum atomic E-state index is -3.97. The molecule has 6 nitrogen and oxygen atoms in total. The van der Waals surface area contributed by atoms with Gasteiger partial charge in [-0.15, -0.1) is 0 Å². The third-order valence-corrected chi connectivity index (χ3v) is 6.50. The molecule has 0 spiro atoms. The molecule has 10 heteroatoms. The van der Waals surface area contributed by atoms with Crippen molar-refractivity contribution < 1.29 is 17.9 Å². The quantitative estimate of drug-likeness (QED) is 0.434. The molecule has 0 saturated carbocycles. The number of nitrogens with one attached hydrogen (secondary N) is 2. The number of halogens is 3. The van der Waals surface area contributed by atoms with Gasteiger partial charge in [0.1, 0.15) is 5.75 Å². The number of methoxy groups -OCH3 is 1. The predicted molar refractivity (Wildman–Crippen MR) is 124 cm³/mol. The summed E-state index contributed by atoms with van der Waals surface area (Å²) in [5.41, 5.74) is 1.38. The molecule has 3 aromatic rings. The van der Waals surface area contributed by atoms with Gasteiger partial charge in [-0.2, -0.15) is 0 Å². The van der Waals surface area contributed by atoms with Gasteiger partial charge in [0.15, 0.2) is 0 Å². The Morgan fingerprint density at radius 2 is 1.58 bits per heavy atom. The van der Waals surface area contributed by atoms with E-state index in [1.54, 1.807) is 19.1 Å². The normalized spacial score (nSPS) is 11.1. The van der Waals surface area contributed by atoms with Crippen molar-refractivity contribution in [1.82, 2.24) is 0 Å². The standard InChI is InChI=1S/C21H17Cl3N2O4S/c1-12-3-4-14(23)10-18(12)26-31(28,29)15-6-8-20(30-2)19(11-15)25-21(27)16-7-5-13(22)9-17(16)24/h3-11,26H,1-2H3,(H,25,27). The molecule has 0 radical (unpaired) electrons. The van der Waals surface area contributed by atoms with Gasteiger partial charge in [-0.3, -0.25) is 9.52 Å². The van der Waals surface area contributed by atoms with Crippen molar-refractivity contribution in [3.8, 4) is 5.75 Å². The van der Waals surface area contributed by atoms with E-state index in [9.17, 15) is 13.2 Å². The molecule has 2 N–H and O–H groups in total. The van der Waals surface area contributed by atoms with Crippen molar-refractivity contribution in [2.45, 2.75) is 11.8 Å². The average molecular weight is 500 g/mol. The predicted octanol–water partition coefficient (Wildman–Crippen LogP) is 6.02. The fourth-order valence-electron chi connectivity index (χ4n) is 2.72. The maximum atomic E-state index is 12.9. The molecule has 0 unspecified atom stereocenters. The van der Waals surface area contributed by atoms with Crippen LogP contribution in [0, 0.1) is 6.92 Å². The summed E-state index contributed by atoms with van der Waals surface area (Å²) in [6.45, 7) is 1.75. The summed E-state index contributed by atoms with van der Waals surface area (Å²) >= 11 is 17.9. The van der Waals surface area contributed by atoms with Crippen LogP contribution in [0.25, 0.3) is 0 Å². The Hall–Kier alpha value is -2.45. The van der Waals surface area contributed by atoms with Crippen molar-refractivity contribution in [3.63, 3.8) is 0 Å². The number of anilines is 2. The summed E-state index contributed by atoms with van der Waals surface area (Å²) in [5, 5.41) is 3.57. The molecule has 0 atom stereocenters. The van der Waals surface area contributed by atoms with Gasteiger partial charge in [0.2, 0.25) is 0 Å². The Bertz CT molecular complexity index is 1260. The summed E-state index contributed by atoms with van der Waals surface area (Å²) in [4.78, 5) is 12.6. The zero-order valence-electron chi connectivity index (χ0n) is 16.4. The van der Waals surface area contributed by atoms with Gasteiger partial charge in [0.25, 0.3) is 15.9 Å². The first kappa shape index (κ1) is 23.2. The van der Waals surface area contributed by atoms with Crippen molar-refractivity contribution in [2.75, 3.05) is 17.1 Å². The van der Waals surface area contributed by atoms with Crippen LogP contribution in [-0.2, 0) is 10.0 Å². The largest absolute Gasteiger partial charge is 0.495 e. The average Bonchev–Trinajstić information content (AvgIpc) is 2.70. The fraction of sp³-hybridized carbons (Fsp3) is 0.0952. The Morgan fingerprint density at radius 3 is 2.26 bits per heavy atom. The molecule has 31 heavy (non-hydrogen) atoms. The topological polar surface area (TPSA) is 84.5 Å². The highest BCUT2D eigenvalue weighted by atomic mass is 35.5. The van der Waals surface area contributed by atoms with Gasteiger partial charge in [-0.05, 0) is 61.0 Å². The maximum Gasteiger partial charge on any atom is 0.261 e. The first-order valence-corrected chi connectivity index (χ1v) is 11.5. The molecule has 3 rings (SSSR count). The van der Waals surface area contributed by atoms with Gasteiger partial charge in [-0.25, -0.2) is 8.42 Å². The van der Waals surface area contributed by atoms with Crippen LogP contribution >= 0.6 is 34.8 Å². The zero-order chi connectivity index (χ0) is 22.8. The Morgan fingerprint density at radius 1 is 0.903 bits per heavy atom. The van der Waals surface area contributed by atoms with E-state index in [0.717, 1.165) is 0 Å². The van der Waals surface area contributed by atoms with Crippen LogP contribution in [-0.4, -0.2) is 21.4 Å². The second-order valence-corrected chi connectivity index (χ2v) is 9.47. The molecular formula is C21H17Cl3N2O4S. The van der Waals surface area contributed by atoms with E-state index in [4.69, 9.17) is 39.5 Å². The number of carbonyl (C=O) groups is 1. The third-order valence-electron chi connectivity index (χ3n) is 4.35. The van der Waals surface area contributed by atoms with E-state index in [1.807, 2.05) is 0 Å². The molecule has 0 fully saturated rings. The van der Waals surface area contributed by atoms with E-state index in [1.165, 1.54) is 49.6 Å². The molecule has 0 heterocycles. The molecule has 162 valence electrons. The molecule has 0 aliphatic carbocycles. The first-order chi connectivity index (χ1) is 14.6. The summed E-state index contributed by atoms with van der Waals surface area (Å²) in [6, 6.07) is 13.4. The van der Waals surface area contributed by atoms with Crippen LogP contribution in [0.1, 0.15) is 15.9 Å². The van der Waals surface area contributed by atoms with E-state index in [0.29, 0.717) is 21.3 Å². The van der Waals surface area contributed by atoms with Crippen LogP contribution in [0.5, 0.6) is 5.75 Å². The number of hydrogen-bond acceptors (Lipinski definition) is 4. The van der Waals surface area contributed by atoms with Crippen LogP contribution in [0.15, 0.2) is 59.5 Å². The van der Waals surface area contributed by atoms with Crippen molar-refractivity contribution in [1.29, 1.82) is 0 Å². The molecule has 0 aliphatic rings. The van der Waals surface area contributed by atoms with E-state index >= 15 is 0 Å². The number of benzene rings is 3. The second-order valence-electron chi connectivity index (χ2n) is 6.51. The number of carbonyl (C=O) groups excluding carboxylic acids is 1. The highest BCUT2D eigenvalue weighted by Crippen LogP contribution is 2.31. The SMILES string of the molecule is COc1ccc(S(=O)(=O)Nc2cc(Cl)ccc2C)cc1NC(=O)c1ccc(Cl)cc1Cl. The van der Waals surface area contributed by atoms with Crippen LogP contribution in [0.3, 0.4) is 0 Å². The minimum absolute atomic E-state index is 0.0785. The Kier molecular flexibility index (Phi) is 7.01. The smallest absolute Gasteiger partial charge is 0.261 e. The number of rotatable bonds is 6. The molecule has 0 bridgehead atoms. The second kappa shape index (κ2) is 9.36. The van der Waals surface area contributed by atoms with Gasteiger partial charge in [-0.1, -0.05) is 40.9 Å². The van der Waals surface area contributed by atoms with Gasteiger partial charge >= 0.3 is 0 Å². The first-order valence-electron chi connectivity index (χ1n) is 8.84. The Labute approximate surface area is 195 Å². The number of hydrogen-bond donors (Lipinski definition) is 2. The van der Waals surface area contributed by atoms with E-state index in [-0.39, 0.29) is 26.9 Å². The highest BCUT2D eigenvalue weighted by molar-refractivity contribution is 7.92. The monoisotopic (exact) mass is 498 g/mol. The number of sulfonamides is 1. The van der Waals surface area contributed by atoms with Crippen LogP contribution < -0.4 is 14.8 Å². The lowest BCUT2D eigenvalue weighted by Crippen LogP contribution is -2.16. The molecule has 3 aromatic carbocycles. The van der Waals surface area contributed by atoms with Gasteiger partial charge < -0.3 is 10.1 Å². The van der Waals surface area contributed by atoms with Crippen molar-refractivity contribution >= 4 is 62.1 Å². The molecule has 0 aliphatic heterocycles. The van der Waals surface area contributed by atoms with Crippen LogP contribution in [0.4, 0.5) is 11.4 Å². The highest BCUT2D eigenvalue weighted by Gasteiger charge is 2.20. The Balaban J connectivity index is 1.94. The van der Waals surface area contributed by atoms with Crippen molar-refractivity contribution in [2.24, 2.45) is 0 Å². The zero-order valence-corrected chi connectivity index (χ0v) is 19.5. The van der Waals surface area contributed by atoms with E-state index < -0.39 is 15.9 Å². The maximum absolute atomic E-state index is 12.9. The molecule has 1 amide bonds. The van der Waals surface area contributed by atoms with E-state index in [2.05, 4.69) is 10.0 Å². The molecule has 0 aromatic heterocycles. The summed E-state index contributed by atoms with van der Waals surface area (Å²) in [5.74, 6) is -0.274. The fourth-order valence-corrected chi connectivity index (χ4v) is 4.54. The van der Waals surface area contributed by atoms with Crippen LogP contribution in [0.2, 0.25) is 15.1 Å². The lowest BCUT2D eigenvalue weighted by molar-refractivity contribution is 0.102. The number of ether oxygens (including phenoxy) is 1.